The van der Waals surface area contributed by atoms with E-state index < -0.39 is 0 Å². The van der Waals surface area contributed by atoms with Gasteiger partial charge in [-0.1, -0.05) is 13.5 Å². The first-order chi connectivity index (χ1) is 7.04. The molecule has 2 unspecified atom stereocenters. The summed E-state index contributed by atoms with van der Waals surface area (Å²) in [4.78, 5) is 10.7. The third-order valence-corrected chi connectivity index (χ3v) is 3.44. The van der Waals surface area contributed by atoms with Crippen molar-refractivity contribution in [2.24, 2.45) is 5.92 Å². The third kappa shape index (κ3) is 1.93. The molecular weight excluding hydrogens is 192 g/mol. The molecule has 0 radical (unpaired) electrons. The van der Waals surface area contributed by atoms with Crippen LogP contribution in [0.2, 0.25) is 0 Å². The van der Waals surface area contributed by atoms with Crippen LogP contribution >= 0.6 is 0 Å². The van der Waals surface area contributed by atoms with E-state index in [-0.39, 0.29) is 17.7 Å². The van der Waals surface area contributed by atoms with Crippen LogP contribution in [-0.2, 0) is 14.3 Å². The molecule has 0 aromatic rings. The summed E-state index contributed by atoms with van der Waals surface area (Å²) in [6.45, 7) is 8.11. The lowest BCUT2D eigenvalue weighted by molar-refractivity contribution is -0.141. The molecule has 1 saturated heterocycles. The normalized spacial score (nSPS) is 39.2. The Bertz CT molecular complexity index is 297. The zero-order valence-electron chi connectivity index (χ0n) is 9.41. The molecule has 0 bridgehead atoms. The van der Waals surface area contributed by atoms with E-state index in [4.69, 9.17) is 9.47 Å². The van der Waals surface area contributed by atoms with E-state index in [1.165, 1.54) is 18.9 Å². The van der Waals surface area contributed by atoms with Crippen LogP contribution in [0, 0.1) is 5.92 Å². The molecule has 0 N–H and O–H groups in total. The predicted octanol–water partition coefficient (Wildman–Crippen LogP) is 2.06. The minimum atomic E-state index is -0.241. The van der Waals surface area contributed by atoms with Crippen LogP contribution in [0.5, 0.6) is 0 Å². The van der Waals surface area contributed by atoms with Gasteiger partial charge in [0.05, 0.1) is 0 Å². The molecule has 84 valence electrons. The van der Waals surface area contributed by atoms with Gasteiger partial charge in [-0.2, -0.15) is 0 Å². The van der Waals surface area contributed by atoms with Gasteiger partial charge >= 0.3 is 5.97 Å². The lowest BCUT2D eigenvalue weighted by Crippen LogP contribution is -2.28. The molecule has 3 atom stereocenters. The number of epoxide rings is 1. The molecule has 1 spiro atoms. The van der Waals surface area contributed by atoms with Crippen LogP contribution in [0.25, 0.3) is 0 Å². The quantitative estimate of drug-likeness (QED) is 0.398. The standard InChI is InChI=1S/C12H18O3/c1-8-4-5-9(2)12(6-8)11(15-12)7-14-10(3)13/h8,11H,2,4-7H2,1,3H3/t8-,11?,12?/m0/s1. The van der Waals surface area contributed by atoms with Crippen LogP contribution in [0.1, 0.15) is 33.1 Å². The summed E-state index contributed by atoms with van der Waals surface area (Å²) in [5.74, 6) is 0.438. The zero-order valence-corrected chi connectivity index (χ0v) is 9.41. The monoisotopic (exact) mass is 210 g/mol. The number of rotatable bonds is 2. The molecule has 3 nitrogen and oxygen atoms in total. The van der Waals surface area contributed by atoms with Crippen molar-refractivity contribution in [2.45, 2.75) is 44.8 Å². The second-order valence-electron chi connectivity index (χ2n) is 4.75. The number of esters is 1. The summed E-state index contributed by atoms with van der Waals surface area (Å²) in [6, 6.07) is 0. The zero-order chi connectivity index (χ0) is 11.1. The molecule has 3 heteroatoms. The van der Waals surface area contributed by atoms with Gasteiger partial charge in [-0.3, -0.25) is 4.79 Å². The largest absolute Gasteiger partial charge is 0.463 e. The van der Waals surface area contributed by atoms with Crippen molar-refractivity contribution in [3.05, 3.63) is 12.2 Å². The fourth-order valence-corrected chi connectivity index (χ4v) is 2.47. The van der Waals surface area contributed by atoms with Crippen molar-refractivity contribution >= 4 is 5.97 Å². The van der Waals surface area contributed by atoms with Gasteiger partial charge in [-0.15, -0.1) is 0 Å². The molecule has 0 aromatic carbocycles. The second-order valence-corrected chi connectivity index (χ2v) is 4.75. The molecule has 2 rings (SSSR count). The number of ether oxygens (including phenoxy) is 2. The van der Waals surface area contributed by atoms with E-state index >= 15 is 0 Å². The lowest BCUT2D eigenvalue weighted by atomic mass is 9.77. The minimum absolute atomic E-state index is 0.0525. The maximum absolute atomic E-state index is 10.7. The SMILES string of the molecule is C=C1CC[C@H](C)CC12OC2COC(C)=O. The van der Waals surface area contributed by atoms with Crippen molar-refractivity contribution < 1.29 is 14.3 Å². The minimum Gasteiger partial charge on any atom is -0.463 e. The van der Waals surface area contributed by atoms with Crippen molar-refractivity contribution in [1.82, 2.24) is 0 Å². The Morgan fingerprint density at radius 3 is 3.13 bits per heavy atom. The highest BCUT2D eigenvalue weighted by Gasteiger charge is 2.60. The van der Waals surface area contributed by atoms with Gasteiger partial charge in [-0.05, 0) is 30.8 Å². The molecule has 15 heavy (non-hydrogen) atoms. The first-order valence-electron chi connectivity index (χ1n) is 5.54. The Kier molecular flexibility index (Phi) is 2.59. The summed E-state index contributed by atoms with van der Waals surface area (Å²) in [5.41, 5.74) is 1.02. The summed E-state index contributed by atoms with van der Waals surface area (Å²) < 4.78 is 10.7. The molecule has 0 amide bonds. The van der Waals surface area contributed by atoms with Gasteiger partial charge in [-0.25, -0.2) is 0 Å². The molecule has 1 aliphatic heterocycles. The summed E-state index contributed by atoms with van der Waals surface area (Å²) in [5, 5.41) is 0. The average Bonchev–Trinajstić information content (AvgIpc) is 2.84. The van der Waals surface area contributed by atoms with Gasteiger partial charge in [0, 0.05) is 6.92 Å². The Morgan fingerprint density at radius 2 is 2.47 bits per heavy atom. The lowest BCUT2D eigenvalue weighted by Gasteiger charge is -2.26. The Morgan fingerprint density at radius 1 is 1.73 bits per heavy atom. The average molecular weight is 210 g/mol. The smallest absolute Gasteiger partial charge is 0.302 e. The van der Waals surface area contributed by atoms with Crippen molar-refractivity contribution in [1.29, 1.82) is 0 Å². The second kappa shape index (κ2) is 3.63. The maximum atomic E-state index is 10.7. The van der Waals surface area contributed by atoms with E-state index in [1.54, 1.807) is 0 Å². The Hall–Kier alpha value is -0.830. The number of hydrogen-bond acceptors (Lipinski definition) is 3. The molecule has 1 aliphatic carbocycles. The number of carbonyl (C=O) groups is 1. The van der Waals surface area contributed by atoms with E-state index in [0.717, 1.165) is 12.8 Å². The molecule has 1 saturated carbocycles. The topological polar surface area (TPSA) is 38.8 Å². The van der Waals surface area contributed by atoms with Gasteiger partial charge in [0.2, 0.25) is 0 Å². The van der Waals surface area contributed by atoms with Crippen molar-refractivity contribution in [2.75, 3.05) is 6.61 Å². The van der Waals surface area contributed by atoms with Gasteiger partial charge in [0.15, 0.2) is 0 Å². The van der Waals surface area contributed by atoms with E-state index in [1.807, 2.05) is 0 Å². The van der Waals surface area contributed by atoms with Crippen molar-refractivity contribution in [3.8, 4) is 0 Å². The van der Waals surface area contributed by atoms with Crippen LogP contribution < -0.4 is 0 Å². The molecule has 2 aliphatic rings. The third-order valence-electron chi connectivity index (χ3n) is 3.44. The summed E-state index contributed by atoms with van der Waals surface area (Å²) in [7, 11) is 0. The molecule has 0 aromatic heterocycles. The van der Waals surface area contributed by atoms with Gasteiger partial charge < -0.3 is 9.47 Å². The first kappa shape index (κ1) is 10.7. The van der Waals surface area contributed by atoms with Gasteiger partial charge in [0.1, 0.15) is 18.3 Å². The van der Waals surface area contributed by atoms with Crippen LogP contribution in [0.4, 0.5) is 0 Å². The van der Waals surface area contributed by atoms with Crippen LogP contribution in [0.15, 0.2) is 12.2 Å². The van der Waals surface area contributed by atoms with Crippen LogP contribution in [0.3, 0.4) is 0 Å². The van der Waals surface area contributed by atoms with E-state index in [9.17, 15) is 4.79 Å². The highest BCUT2D eigenvalue weighted by atomic mass is 16.6. The van der Waals surface area contributed by atoms with E-state index in [2.05, 4.69) is 13.5 Å². The summed E-state index contributed by atoms with van der Waals surface area (Å²) >= 11 is 0. The number of carbonyl (C=O) groups excluding carboxylic acids is 1. The Balaban J connectivity index is 1.92. The highest BCUT2D eigenvalue weighted by molar-refractivity contribution is 5.66. The van der Waals surface area contributed by atoms with Crippen LogP contribution in [-0.4, -0.2) is 24.3 Å². The highest BCUT2D eigenvalue weighted by Crippen LogP contribution is 2.52. The molecule has 1 heterocycles. The molecular formula is C12H18O3. The maximum Gasteiger partial charge on any atom is 0.302 e. The van der Waals surface area contributed by atoms with Gasteiger partial charge in [0.25, 0.3) is 0 Å². The number of hydrogen-bond donors (Lipinski definition) is 0. The van der Waals surface area contributed by atoms with E-state index in [0.29, 0.717) is 12.5 Å². The van der Waals surface area contributed by atoms with Crippen molar-refractivity contribution in [3.63, 3.8) is 0 Å². The Labute approximate surface area is 90.4 Å². The fourth-order valence-electron chi connectivity index (χ4n) is 2.47. The summed E-state index contributed by atoms with van der Waals surface area (Å²) in [6.07, 6.45) is 3.32. The fraction of sp³-hybridized carbons (Fsp3) is 0.750. The molecule has 2 fully saturated rings. The first-order valence-corrected chi connectivity index (χ1v) is 5.54. The predicted molar refractivity (Wildman–Crippen MR) is 56.4 cm³/mol.